The summed E-state index contributed by atoms with van der Waals surface area (Å²) in [6.45, 7) is 2.24. The van der Waals surface area contributed by atoms with Gasteiger partial charge in [-0.15, -0.1) is 11.6 Å². The molecule has 17 heavy (non-hydrogen) atoms. The average molecular weight is 251 g/mol. The highest BCUT2D eigenvalue weighted by molar-refractivity contribution is 6.20. The van der Waals surface area contributed by atoms with E-state index in [0.29, 0.717) is 0 Å². The number of rotatable bonds is 6. The molecule has 94 valence electrons. The molecule has 0 N–H and O–H groups in total. The van der Waals surface area contributed by atoms with Gasteiger partial charge >= 0.3 is 0 Å². The standard InChI is InChI=1S/C16H23Cl/c1-2-3-5-13-8-10-15(11-9-13)16(17)12-14-6-4-7-14/h8-11,14,16H,2-7,12H2,1H3. The largest absolute Gasteiger partial charge is 0.118 e. The lowest BCUT2D eigenvalue weighted by atomic mass is 9.81. The first kappa shape index (κ1) is 13.0. The Morgan fingerprint density at radius 1 is 1.24 bits per heavy atom. The van der Waals surface area contributed by atoms with Crippen molar-refractivity contribution in [2.45, 2.75) is 57.2 Å². The number of halogens is 1. The maximum atomic E-state index is 6.47. The summed E-state index contributed by atoms with van der Waals surface area (Å²) in [5.74, 6) is 0.886. The van der Waals surface area contributed by atoms with E-state index in [1.54, 1.807) is 0 Å². The molecule has 1 aliphatic carbocycles. The van der Waals surface area contributed by atoms with Crippen molar-refractivity contribution in [3.05, 3.63) is 35.4 Å². The Labute approximate surface area is 110 Å². The maximum absolute atomic E-state index is 6.47. The molecule has 0 nitrogen and oxygen atoms in total. The average Bonchev–Trinajstić information content (AvgIpc) is 2.31. The van der Waals surface area contributed by atoms with Gasteiger partial charge in [0.25, 0.3) is 0 Å². The molecule has 0 bridgehead atoms. The fourth-order valence-corrected chi connectivity index (χ4v) is 2.83. The minimum atomic E-state index is 0.223. The second-order valence-corrected chi connectivity index (χ2v) is 5.87. The van der Waals surface area contributed by atoms with E-state index >= 15 is 0 Å². The van der Waals surface area contributed by atoms with Crippen LogP contribution in [0, 0.1) is 5.92 Å². The number of unbranched alkanes of at least 4 members (excludes halogenated alkanes) is 1. The van der Waals surface area contributed by atoms with Gasteiger partial charge in [-0.2, -0.15) is 0 Å². The number of hydrogen-bond donors (Lipinski definition) is 0. The first-order chi connectivity index (χ1) is 8.29. The van der Waals surface area contributed by atoms with Gasteiger partial charge in [0.1, 0.15) is 0 Å². The van der Waals surface area contributed by atoms with Crippen LogP contribution in [0.5, 0.6) is 0 Å². The molecule has 1 aromatic carbocycles. The summed E-state index contributed by atoms with van der Waals surface area (Å²) >= 11 is 6.47. The number of benzene rings is 1. The van der Waals surface area contributed by atoms with E-state index in [1.165, 1.54) is 49.7 Å². The second kappa shape index (κ2) is 6.44. The van der Waals surface area contributed by atoms with Gasteiger partial charge < -0.3 is 0 Å². The zero-order valence-electron chi connectivity index (χ0n) is 10.8. The van der Waals surface area contributed by atoms with Crippen LogP contribution in [-0.2, 0) is 6.42 Å². The summed E-state index contributed by atoms with van der Waals surface area (Å²) in [7, 11) is 0. The highest BCUT2D eigenvalue weighted by Crippen LogP contribution is 2.37. The molecule has 0 spiro atoms. The lowest BCUT2D eigenvalue weighted by Gasteiger charge is -2.27. The van der Waals surface area contributed by atoms with Gasteiger partial charge in [-0.05, 0) is 36.3 Å². The van der Waals surface area contributed by atoms with E-state index in [9.17, 15) is 0 Å². The molecule has 0 aliphatic heterocycles. The van der Waals surface area contributed by atoms with E-state index in [0.717, 1.165) is 12.3 Å². The summed E-state index contributed by atoms with van der Waals surface area (Å²) < 4.78 is 0. The summed E-state index contributed by atoms with van der Waals surface area (Å²) in [4.78, 5) is 0. The van der Waals surface area contributed by atoms with Gasteiger partial charge in [-0.1, -0.05) is 56.9 Å². The molecule has 0 aromatic heterocycles. The second-order valence-electron chi connectivity index (χ2n) is 5.35. The maximum Gasteiger partial charge on any atom is 0.0587 e. The SMILES string of the molecule is CCCCc1ccc(C(Cl)CC2CCC2)cc1. The van der Waals surface area contributed by atoms with Crippen LogP contribution >= 0.6 is 11.6 Å². The number of hydrogen-bond acceptors (Lipinski definition) is 0. The highest BCUT2D eigenvalue weighted by atomic mass is 35.5. The van der Waals surface area contributed by atoms with Gasteiger partial charge in [-0.3, -0.25) is 0 Å². The van der Waals surface area contributed by atoms with E-state index in [4.69, 9.17) is 11.6 Å². The molecule has 1 aromatic rings. The van der Waals surface area contributed by atoms with Crippen molar-refractivity contribution >= 4 is 11.6 Å². The molecule has 2 rings (SSSR count). The molecule has 1 fully saturated rings. The molecule has 1 unspecified atom stereocenters. The van der Waals surface area contributed by atoms with Crippen molar-refractivity contribution in [3.8, 4) is 0 Å². The van der Waals surface area contributed by atoms with Crippen molar-refractivity contribution in [1.82, 2.24) is 0 Å². The van der Waals surface area contributed by atoms with Gasteiger partial charge in [0, 0.05) is 0 Å². The molecule has 0 heterocycles. The smallest absolute Gasteiger partial charge is 0.0587 e. The normalized spacial score (nSPS) is 17.8. The predicted molar refractivity (Wildman–Crippen MR) is 75.6 cm³/mol. The highest BCUT2D eigenvalue weighted by Gasteiger charge is 2.21. The number of aryl methyl sites for hydroxylation is 1. The third-order valence-corrected chi connectivity index (χ3v) is 4.36. The molecule has 1 atom stereocenters. The topological polar surface area (TPSA) is 0 Å². The first-order valence-electron chi connectivity index (χ1n) is 7.02. The van der Waals surface area contributed by atoms with Crippen LogP contribution in [0.15, 0.2) is 24.3 Å². The van der Waals surface area contributed by atoms with E-state index in [-0.39, 0.29) is 5.38 Å². The zero-order valence-corrected chi connectivity index (χ0v) is 11.5. The van der Waals surface area contributed by atoms with Crippen LogP contribution in [0.1, 0.15) is 62.0 Å². The molecular formula is C16H23Cl. The third kappa shape index (κ3) is 3.74. The van der Waals surface area contributed by atoms with Crippen molar-refractivity contribution < 1.29 is 0 Å². The van der Waals surface area contributed by atoms with Gasteiger partial charge in [0.05, 0.1) is 5.38 Å². The van der Waals surface area contributed by atoms with E-state index in [2.05, 4.69) is 31.2 Å². The quantitative estimate of drug-likeness (QED) is 0.585. The Balaban J connectivity index is 1.87. The Morgan fingerprint density at radius 2 is 1.94 bits per heavy atom. The predicted octanol–water partition coefficient (Wildman–Crippen LogP) is 5.50. The Morgan fingerprint density at radius 3 is 2.47 bits per heavy atom. The molecule has 0 radical (unpaired) electrons. The first-order valence-corrected chi connectivity index (χ1v) is 7.46. The molecule has 0 amide bonds. The fourth-order valence-electron chi connectivity index (χ4n) is 2.43. The van der Waals surface area contributed by atoms with Gasteiger partial charge in [0.2, 0.25) is 0 Å². The summed E-state index contributed by atoms with van der Waals surface area (Å²) in [6, 6.07) is 8.95. The van der Waals surface area contributed by atoms with E-state index < -0.39 is 0 Å². The molecule has 1 heteroatoms. The van der Waals surface area contributed by atoms with Crippen LogP contribution in [0.25, 0.3) is 0 Å². The van der Waals surface area contributed by atoms with Gasteiger partial charge in [0.15, 0.2) is 0 Å². The summed E-state index contributed by atoms with van der Waals surface area (Å²) in [6.07, 6.45) is 9.09. The van der Waals surface area contributed by atoms with Crippen LogP contribution in [0.3, 0.4) is 0 Å². The number of alkyl halides is 1. The minimum absolute atomic E-state index is 0.223. The monoisotopic (exact) mass is 250 g/mol. The van der Waals surface area contributed by atoms with Crippen molar-refractivity contribution in [1.29, 1.82) is 0 Å². The van der Waals surface area contributed by atoms with Crippen molar-refractivity contribution in [3.63, 3.8) is 0 Å². The zero-order chi connectivity index (χ0) is 12.1. The molecule has 1 aliphatic rings. The van der Waals surface area contributed by atoms with Crippen LogP contribution in [0.2, 0.25) is 0 Å². The van der Waals surface area contributed by atoms with Crippen LogP contribution in [-0.4, -0.2) is 0 Å². The third-order valence-electron chi connectivity index (χ3n) is 3.93. The van der Waals surface area contributed by atoms with E-state index in [1.807, 2.05) is 0 Å². The molecule has 0 saturated heterocycles. The van der Waals surface area contributed by atoms with Crippen molar-refractivity contribution in [2.75, 3.05) is 0 Å². The summed E-state index contributed by atoms with van der Waals surface area (Å²) in [5.41, 5.74) is 2.75. The Hall–Kier alpha value is -0.490. The van der Waals surface area contributed by atoms with Crippen LogP contribution in [0.4, 0.5) is 0 Å². The minimum Gasteiger partial charge on any atom is -0.118 e. The molecule has 1 saturated carbocycles. The van der Waals surface area contributed by atoms with Gasteiger partial charge in [-0.25, -0.2) is 0 Å². The van der Waals surface area contributed by atoms with Crippen molar-refractivity contribution in [2.24, 2.45) is 5.92 Å². The lowest BCUT2D eigenvalue weighted by molar-refractivity contribution is 0.293. The van der Waals surface area contributed by atoms with Crippen LogP contribution < -0.4 is 0 Å². The Bertz CT molecular complexity index is 324. The Kier molecular flexibility index (Phi) is 4.91. The fraction of sp³-hybridized carbons (Fsp3) is 0.625. The summed E-state index contributed by atoms with van der Waals surface area (Å²) in [5, 5.41) is 0.223. The molecular weight excluding hydrogens is 228 g/mol. The lowest BCUT2D eigenvalue weighted by Crippen LogP contribution is -2.12.